The molecule has 0 aliphatic heterocycles. The Hall–Kier alpha value is -5.41. The van der Waals surface area contributed by atoms with E-state index in [0.717, 1.165) is 33.5 Å². The first kappa shape index (κ1) is 22.4. The van der Waals surface area contributed by atoms with E-state index >= 15 is 0 Å². The van der Waals surface area contributed by atoms with Crippen molar-refractivity contribution < 1.29 is 0 Å². The number of hydrogen-bond acceptors (Lipinski definition) is 1. The van der Waals surface area contributed by atoms with Crippen LogP contribution >= 0.6 is 0 Å². The lowest BCUT2D eigenvalue weighted by molar-refractivity contribution is 1.20. The summed E-state index contributed by atoms with van der Waals surface area (Å²) in [7, 11) is 0. The van der Waals surface area contributed by atoms with Gasteiger partial charge < -0.3 is 4.40 Å². The third-order valence-corrected chi connectivity index (χ3v) is 8.63. The molecule has 3 heterocycles. The van der Waals surface area contributed by atoms with E-state index in [1.807, 2.05) is 0 Å². The summed E-state index contributed by atoms with van der Waals surface area (Å²) in [6.45, 7) is 2.17. The van der Waals surface area contributed by atoms with Crippen LogP contribution in [0.2, 0.25) is 0 Å². The molecule has 0 unspecified atom stereocenters. The van der Waals surface area contributed by atoms with Gasteiger partial charge in [-0.25, -0.2) is 4.98 Å². The Kier molecular flexibility index (Phi) is 4.53. The predicted octanol–water partition coefficient (Wildman–Crippen LogP) is 9.89. The number of aryl methyl sites for hydroxylation is 1. The average molecular weight is 524 g/mol. The Labute approximate surface area is 236 Å². The van der Waals surface area contributed by atoms with Crippen LogP contribution in [0.4, 0.5) is 0 Å². The Bertz CT molecular complexity index is 2550. The third kappa shape index (κ3) is 3.00. The van der Waals surface area contributed by atoms with E-state index in [9.17, 15) is 0 Å². The van der Waals surface area contributed by atoms with E-state index in [2.05, 4.69) is 149 Å². The summed E-state index contributed by atoms with van der Waals surface area (Å²) in [6.07, 6.45) is 0. The van der Waals surface area contributed by atoms with E-state index in [0.29, 0.717) is 0 Å². The maximum absolute atomic E-state index is 5.33. The molecule has 6 aromatic carbocycles. The fourth-order valence-electron chi connectivity index (χ4n) is 6.86. The summed E-state index contributed by atoms with van der Waals surface area (Å²) in [5, 5.41) is 7.35. The van der Waals surface area contributed by atoms with Crippen LogP contribution < -0.4 is 0 Å². The van der Waals surface area contributed by atoms with Gasteiger partial charge in [-0.05, 0) is 47.5 Å². The largest absolute Gasteiger partial charge is 0.307 e. The van der Waals surface area contributed by atoms with Crippen molar-refractivity contribution in [2.75, 3.05) is 0 Å². The van der Waals surface area contributed by atoms with Gasteiger partial charge in [0.2, 0.25) is 0 Å². The van der Waals surface area contributed by atoms with Gasteiger partial charge in [-0.15, -0.1) is 0 Å². The molecule has 0 saturated carbocycles. The fourth-order valence-corrected chi connectivity index (χ4v) is 6.86. The summed E-state index contributed by atoms with van der Waals surface area (Å²) in [5.41, 5.74) is 9.11. The molecule has 0 N–H and O–H groups in total. The highest BCUT2D eigenvalue weighted by Gasteiger charge is 2.18. The number of benzene rings is 6. The van der Waals surface area contributed by atoms with Gasteiger partial charge in [-0.3, -0.25) is 4.40 Å². The molecule has 0 fully saturated rings. The van der Waals surface area contributed by atoms with Gasteiger partial charge in [-0.1, -0.05) is 109 Å². The minimum atomic E-state index is 0.956. The Morgan fingerprint density at radius 3 is 1.66 bits per heavy atom. The van der Waals surface area contributed by atoms with Crippen molar-refractivity contribution in [1.82, 2.24) is 13.8 Å². The first-order valence-electron chi connectivity index (χ1n) is 14.1. The first-order chi connectivity index (χ1) is 20.3. The summed E-state index contributed by atoms with van der Waals surface area (Å²) in [4.78, 5) is 5.33. The smallest absolute Gasteiger partial charge is 0.146 e. The topological polar surface area (TPSA) is 21.7 Å². The summed E-state index contributed by atoms with van der Waals surface area (Å²) in [5.74, 6) is 0.956. The molecule has 3 aromatic heterocycles. The van der Waals surface area contributed by atoms with E-state index in [-0.39, 0.29) is 0 Å². The predicted molar refractivity (Wildman–Crippen MR) is 173 cm³/mol. The average Bonchev–Trinajstić information content (AvgIpc) is 3.57. The number of aromatic nitrogens is 3. The fraction of sp³-hybridized carbons (Fsp3) is 0.0263. The molecule has 3 nitrogen and oxygen atoms in total. The number of fused-ring (bicyclic) bond motifs is 9. The van der Waals surface area contributed by atoms with Crippen LogP contribution in [-0.2, 0) is 0 Å². The lowest BCUT2D eigenvalue weighted by Crippen LogP contribution is -1.96. The molecule has 41 heavy (non-hydrogen) atoms. The maximum Gasteiger partial charge on any atom is 0.146 e. The number of hydrogen-bond donors (Lipinski definition) is 0. The van der Waals surface area contributed by atoms with Gasteiger partial charge in [0.1, 0.15) is 5.82 Å². The lowest BCUT2D eigenvalue weighted by atomic mass is 10.0. The molecule has 3 heteroatoms. The van der Waals surface area contributed by atoms with Crippen LogP contribution in [-0.4, -0.2) is 13.8 Å². The molecule has 0 radical (unpaired) electrons. The normalized spacial score (nSPS) is 12.0. The molecule has 9 aromatic rings. The highest BCUT2D eigenvalue weighted by molar-refractivity contribution is 6.23. The van der Waals surface area contributed by atoms with E-state index in [4.69, 9.17) is 4.98 Å². The summed E-state index contributed by atoms with van der Waals surface area (Å²) in [6, 6.07) is 48.2. The van der Waals surface area contributed by atoms with Gasteiger partial charge >= 0.3 is 0 Å². The maximum atomic E-state index is 5.33. The van der Waals surface area contributed by atoms with Crippen LogP contribution in [0.15, 0.2) is 133 Å². The number of nitrogens with zero attached hydrogens (tertiary/aromatic N) is 3. The molecule has 0 saturated heterocycles. The minimum Gasteiger partial charge on any atom is -0.307 e. The second-order valence-electron chi connectivity index (χ2n) is 10.8. The molecule has 0 atom stereocenters. The number of rotatable bonds is 1. The van der Waals surface area contributed by atoms with Crippen LogP contribution in [0, 0.1) is 6.92 Å². The van der Waals surface area contributed by atoms with Crippen LogP contribution in [0.1, 0.15) is 5.56 Å². The number of para-hydroxylation sites is 5. The third-order valence-electron chi connectivity index (χ3n) is 8.63. The van der Waals surface area contributed by atoms with Gasteiger partial charge in [0.15, 0.2) is 0 Å². The molecule has 0 amide bonds. The Morgan fingerprint density at radius 2 is 0.927 bits per heavy atom. The Balaban J connectivity index is 1.74. The quantitative estimate of drug-likeness (QED) is 0.210. The molecular weight excluding hydrogens is 498 g/mol. The zero-order chi connectivity index (χ0) is 27.1. The van der Waals surface area contributed by atoms with Gasteiger partial charge in [-0.2, -0.15) is 0 Å². The second kappa shape index (κ2) is 8.30. The van der Waals surface area contributed by atoms with Gasteiger partial charge in [0.25, 0.3) is 0 Å². The SMILES string of the molecule is Cc1ccccc1-c1nc2cccc3c4ccccc4c4cccc5c6ccccc6n(c6ccccc6n1c23)c45. The second-order valence-corrected chi connectivity index (χ2v) is 10.8. The molecule has 9 rings (SSSR count). The van der Waals surface area contributed by atoms with Crippen LogP contribution in [0.5, 0.6) is 0 Å². The summed E-state index contributed by atoms with van der Waals surface area (Å²) < 4.78 is 4.86. The summed E-state index contributed by atoms with van der Waals surface area (Å²) >= 11 is 0. The highest BCUT2D eigenvalue weighted by Crippen LogP contribution is 2.39. The molecule has 0 bridgehead atoms. The van der Waals surface area contributed by atoms with Crippen LogP contribution in [0.3, 0.4) is 0 Å². The van der Waals surface area contributed by atoms with Crippen molar-refractivity contribution in [2.45, 2.75) is 6.92 Å². The zero-order valence-electron chi connectivity index (χ0n) is 22.5. The van der Waals surface area contributed by atoms with Crippen molar-refractivity contribution >= 4 is 65.4 Å². The minimum absolute atomic E-state index is 0.956. The monoisotopic (exact) mass is 523 g/mol. The van der Waals surface area contributed by atoms with Crippen molar-refractivity contribution in [2.24, 2.45) is 0 Å². The zero-order valence-corrected chi connectivity index (χ0v) is 22.5. The van der Waals surface area contributed by atoms with E-state index in [1.54, 1.807) is 0 Å². The van der Waals surface area contributed by atoms with Crippen molar-refractivity contribution in [3.63, 3.8) is 0 Å². The van der Waals surface area contributed by atoms with Crippen molar-refractivity contribution in [1.29, 1.82) is 0 Å². The molecule has 0 aliphatic carbocycles. The lowest BCUT2D eigenvalue weighted by Gasteiger charge is -2.11. The number of imidazole rings is 1. The van der Waals surface area contributed by atoms with Crippen molar-refractivity contribution in [3.8, 4) is 11.4 Å². The van der Waals surface area contributed by atoms with Gasteiger partial charge in [0.05, 0.1) is 33.1 Å². The van der Waals surface area contributed by atoms with Crippen molar-refractivity contribution in [3.05, 3.63) is 139 Å². The molecule has 0 spiro atoms. The van der Waals surface area contributed by atoms with Crippen LogP contribution in [0.25, 0.3) is 76.8 Å². The van der Waals surface area contributed by atoms with Gasteiger partial charge in [0, 0.05) is 27.1 Å². The first-order valence-corrected chi connectivity index (χ1v) is 14.1. The van der Waals surface area contributed by atoms with E-state index in [1.165, 1.54) is 48.9 Å². The van der Waals surface area contributed by atoms with E-state index < -0.39 is 0 Å². The Morgan fingerprint density at radius 1 is 0.415 bits per heavy atom. The molecular formula is C38H25N3. The molecule has 192 valence electrons. The highest BCUT2D eigenvalue weighted by atomic mass is 15.0. The molecule has 0 aliphatic rings. The standard InChI is InChI=1S/C38H25N3/c1-24-12-2-3-13-25(24)38-39-32-20-11-19-30-27-15-5-4-14-26(27)29-17-10-18-31-28-16-6-7-21-33(28)40(36(29)31)34-22-8-9-23-35(34)41(38)37(30)32/h2-23H,1H3.